The fraction of sp³-hybridized carbons (Fsp3) is 0.562. The Bertz CT molecular complexity index is 538. The van der Waals surface area contributed by atoms with E-state index in [2.05, 4.69) is 4.90 Å². The van der Waals surface area contributed by atoms with Gasteiger partial charge in [-0.2, -0.15) is 0 Å². The van der Waals surface area contributed by atoms with Crippen molar-refractivity contribution < 1.29 is 9.13 Å². The maximum atomic E-state index is 14.4. The fourth-order valence-electron chi connectivity index (χ4n) is 3.21. The quantitative estimate of drug-likeness (QED) is 0.665. The molecule has 1 aliphatic heterocycles. The van der Waals surface area contributed by atoms with Crippen molar-refractivity contribution >= 4 is 5.84 Å². The van der Waals surface area contributed by atoms with Crippen LogP contribution in [-0.4, -0.2) is 35.0 Å². The summed E-state index contributed by atoms with van der Waals surface area (Å²) in [5.74, 6) is -0.635. The first-order valence-electron chi connectivity index (χ1n) is 7.14. The predicted octanol–water partition coefficient (Wildman–Crippen LogP) is 2.50. The number of benzene rings is 1. The molecule has 116 valence electrons. The van der Waals surface area contributed by atoms with Gasteiger partial charge in [-0.05, 0) is 33.8 Å². The van der Waals surface area contributed by atoms with E-state index in [0.717, 1.165) is 13.1 Å². The molecule has 21 heavy (non-hydrogen) atoms. The summed E-state index contributed by atoms with van der Waals surface area (Å²) in [5.41, 5.74) is 5.61. The molecule has 0 bridgehead atoms. The van der Waals surface area contributed by atoms with Crippen LogP contribution in [-0.2, 0) is 11.3 Å². The number of nitrogens with two attached hydrogens (primary N) is 1. The van der Waals surface area contributed by atoms with Crippen LogP contribution in [0, 0.1) is 11.2 Å². The number of ether oxygens (including phenoxy) is 1. The van der Waals surface area contributed by atoms with E-state index >= 15 is 0 Å². The maximum Gasteiger partial charge on any atom is 0.138 e. The highest BCUT2D eigenvalue weighted by Gasteiger charge is 2.38. The van der Waals surface area contributed by atoms with Gasteiger partial charge in [0, 0.05) is 25.2 Å². The lowest BCUT2D eigenvalue weighted by atomic mass is 9.98. The van der Waals surface area contributed by atoms with Gasteiger partial charge in [-0.1, -0.05) is 12.1 Å². The molecule has 4 nitrogen and oxygen atoms in total. The highest BCUT2D eigenvalue weighted by molar-refractivity contribution is 5.95. The zero-order chi connectivity index (χ0) is 15.8. The zero-order valence-corrected chi connectivity index (χ0v) is 13.2. The first-order chi connectivity index (χ1) is 9.60. The molecule has 0 spiro atoms. The van der Waals surface area contributed by atoms with E-state index < -0.39 is 5.82 Å². The Balaban J connectivity index is 2.22. The molecule has 2 rings (SSSR count). The number of morpholine rings is 1. The molecule has 0 aliphatic carbocycles. The lowest BCUT2D eigenvalue weighted by Gasteiger charge is -2.47. The Morgan fingerprint density at radius 3 is 2.38 bits per heavy atom. The van der Waals surface area contributed by atoms with E-state index in [1.165, 1.54) is 6.07 Å². The van der Waals surface area contributed by atoms with Crippen LogP contribution in [0.1, 0.15) is 38.8 Å². The molecule has 0 atom stereocenters. The standard InChI is InChI=1S/C16H24FN3O/c1-15(2)9-20(10-16(3,4)21-15)8-11-6-5-7-12(13(11)17)14(18)19/h5-7H,8-10H2,1-4H3,(H3,18,19). The van der Waals surface area contributed by atoms with Gasteiger partial charge in [0.2, 0.25) is 0 Å². The Hall–Kier alpha value is -1.46. The third-order valence-corrected chi connectivity index (χ3v) is 3.52. The van der Waals surface area contributed by atoms with Gasteiger partial charge in [0.15, 0.2) is 0 Å². The van der Waals surface area contributed by atoms with Crippen LogP contribution in [0.3, 0.4) is 0 Å². The van der Waals surface area contributed by atoms with Crippen molar-refractivity contribution in [1.82, 2.24) is 4.90 Å². The lowest BCUT2D eigenvalue weighted by molar-refractivity contribution is -0.182. The van der Waals surface area contributed by atoms with Crippen LogP contribution in [0.4, 0.5) is 4.39 Å². The normalized spacial score (nSPS) is 21.2. The first kappa shape index (κ1) is 15.9. The van der Waals surface area contributed by atoms with E-state index in [0.29, 0.717) is 12.1 Å². The third kappa shape index (κ3) is 3.80. The van der Waals surface area contributed by atoms with Gasteiger partial charge in [0.25, 0.3) is 0 Å². The van der Waals surface area contributed by atoms with Crippen molar-refractivity contribution in [1.29, 1.82) is 5.41 Å². The van der Waals surface area contributed by atoms with Gasteiger partial charge in [-0.25, -0.2) is 4.39 Å². The molecular weight excluding hydrogens is 269 g/mol. The van der Waals surface area contributed by atoms with Gasteiger partial charge >= 0.3 is 0 Å². The highest BCUT2D eigenvalue weighted by Crippen LogP contribution is 2.29. The van der Waals surface area contributed by atoms with Gasteiger partial charge in [0.05, 0.1) is 16.8 Å². The smallest absolute Gasteiger partial charge is 0.138 e. The molecule has 0 unspecified atom stereocenters. The van der Waals surface area contributed by atoms with Gasteiger partial charge in [-0.3, -0.25) is 10.3 Å². The molecule has 3 N–H and O–H groups in total. The van der Waals surface area contributed by atoms with Crippen molar-refractivity contribution in [3.05, 3.63) is 35.1 Å². The molecule has 1 aliphatic rings. The minimum Gasteiger partial charge on any atom is -0.384 e. The van der Waals surface area contributed by atoms with E-state index in [9.17, 15) is 4.39 Å². The summed E-state index contributed by atoms with van der Waals surface area (Å²) in [6, 6.07) is 5.03. The number of rotatable bonds is 3. The molecule has 1 saturated heterocycles. The van der Waals surface area contributed by atoms with Crippen molar-refractivity contribution in [2.45, 2.75) is 45.4 Å². The summed E-state index contributed by atoms with van der Waals surface area (Å²) in [4.78, 5) is 2.19. The number of hydrogen-bond donors (Lipinski definition) is 2. The first-order valence-corrected chi connectivity index (χ1v) is 7.14. The Kier molecular flexibility index (Phi) is 4.08. The lowest BCUT2D eigenvalue weighted by Crippen LogP contribution is -2.56. The topological polar surface area (TPSA) is 62.3 Å². The van der Waals surface area contributed by atoms with E-state index in [-0.39, 0.29) is 22.6 Å². The van der Waals surface area contributed by atoms with Crippen LogP contribution in [0.2, 0.25) is 0 Å². The fourth-order valence-corrected chi connectivity index (χ4v) is 3.21. The highest BCUT2D eigenvalue weighted by atomic mass is 19.1. The Labute approximate surface area is 125 Å². The van der Waals surface area contributed by atoms with Crippen LogP contribution in [0.15, 0.2) is 18.2 Å². The van der Waals surface area contributed by atoms with Crippen LogP contribution < -0.4 is 5.73 Å². The molecule has 1 fully saturated rings. The van der Waals surface area contributed by atoms with Crippen molar-refractivity contribution in [2.75, 3.05) is 13.1 Å². The summed E-state index contributed by atoms with van der Waals surface area (Å²) in [6.45, 7) is 10.1. The molecular formula is C16H24FN3O. The molecule has 1 aromatic carbocycles. The summed E-state index contributed by atoms with van der Waals surface area (Å²) >= 11 is 0. The van der Waals surface area contributed by atoms with Gasteiger partial charge < -0.3 is 10.5 Å². The Morgan fingerprint density at radius 2 is 1.86 bits per heavy atom. The molecule has 1 heterocycles. The van der Waals surface area contributed by atoms with E-state index in [4.69, 9.17) is 15.9 Å². The second-order valence-corrected chi connectivity index (χ2v) is 6.96. The van der Waals surface area contributed by atoms with E-state index in [1.807, 2.05) is 27.7 Å². The monoisotopic (exact) mass is 293 g/mol. The summed E-state index contributed by atoms with van der Waals surface area (Å²) in [7, 11) is 0. The second kappa shape index (κ2) is 5.39. The number of nitrogens with one attached hydrogen (secondary N) is 1. The molecule has 5 heteroatoms. The zero-order valence-electron chi connectivity index (χ0n) is 13.2. The number of amidine groups is 1. The number of hydrogen-bond acceptors (Lipinski definition) is 3. The van der Waals surface area contributed by atoms with Crippen molar-refractivity contribution in [3.63, 3.8) is 0 Å². The summed E-state index contributed by atoms with van der Waals surface area (Å²) in [6.07, 6.45) is 0. The Morgan fingerprint density at radius 1 is 1.29 bits per heavy atom. The van der Waals surface area contributed by atoms with Crippen LogP contribution in [0.25, 0.3) is 0 Å². The molecule has 0 aromatic heterocycles. The minimum atomic E-state index is -0.396. The predicted molar refractivity (Wildman–Crippen MR) is 81.9 cm³/mol. The van der Waals surface area contributed by atoms with Crippen molar-refractivity contribution in [3.8, 4) is 0 Å². The SMILES string of the molecule is CC1(C)CN(Cc2cccc(C(=N)N)c2F)CC(C)(C)O1. The average Bonchev–Trinajstić information content (AvgIpc) is 2.27. The number of nitrogen functional groups attached to an aromatic ring is 1. The van der Waals surface area contributed by atoms with Crippen LogP contribution >= 0.6 is 0 Å². The molecule has 0 radical (unpaired) electrons. The summed E-state index contributed by atoms with van der Waals surface area (Å²) < 4.78 is 20.4. The number of nitrogens with zero attached hydrogens (tertiary/aromatic N) is 1. The van der Waals surface area contributed by atoms with Crippen molar-refractivity contribution in [2.24, 2.45) is 5.73 Å². The molecule has 0 saturated carbocycles. The van der Waals surface area contributed by atoms with Gasteiger partial charge in [-0.15, -0.1) is 0 Å². The average molecular weight is 293 g/mol. The van der Waals surface area contributed by atoms with Crippen LogP contribution in [0.5, 0.6) is 0 Å². The largest absolute Gasteiger partial charge is 0.384 e. The van der Waals surface area contributed by atoms with Gasteiger partial charge in [0.1, 0.15) is 11.7 Å². The van der Waals surface area contributed by atoms with E-state index in [1.54, 1.807) is 12.1 Å². The maximum absolute atomic E-state index is 14.4. The third-order valence-electron chi connectivity index (χ3n) is 3.52. The summed E-state index contributed by atoms with van der Waals surface area (Å²) in [5, 5.41) is 7.42. The molecule has 1 aromatic rings. The minimum absolute atomic E-state index is 0.166. The molecule has 0 amide bonds. The second-order valence-electron chi connectivity index (χ2n) is 6.96. The number of halogens is 1.